The van der Waals surface area contributed by atoms with Gasteiger partial charge in [-0.2, -0.15) is 0 Å². The number of hydrogen-bond acceptors (Lipinski definition) is 4. The van der Waals surface area contributed by atoms with Crippen molar-refractivity contribution in [2.75, 3.05) is 52.9 Å². The van der Waals surface area contributed by atoms with Gasteiger partial charge in [-0.25, -0.2) is 4.39 Å². The Morgan fingerprint density at radius 3 is 2.27 bits per heavy atom. The van der Waals surface area contributed by atoms with Gasteiger partial charge in [0, 0.05) is 51.4 Å². The number of carbonyl (C=O) groups is 1. The first-order chi connectivity index (χ1) is 14.5. The number of benzene rings is 2. The van der Waals surface area contributed by atoms with Crippen LogP contribution in [0.3, 0.4) is 0 Å². The molecule has 0 bridgehead atoms. The Morgan fingerprint density at radius 2 is 1.63 bits per heavy atom. The van der Waals surface area contributed by atoms with E-state index in [1.54, 1.807) is 17.0 Å². The molecule has 0 saturated carbocycles. The van der Waals surface area contributed by atoms with Crippen LogP contribution in [0.15, 0.2) is 42.5 Å². The van der Waals surface area contributed by atoms with Gasteiger partial charge < -0.3 is 14.5 Å². The zero-order valence-electron chi connectivity index (χ0n) is 18.2. The molecule has 2 aromatic carbocycles. The molecule has 1 amide bonds. The van der Waals surface area contributed by atoms with E-state index >= 15 is 0 Å². The van der Waals surface area contributed by atoms with Gasteiger partial charge >= 0.3 is 0 Å². The molecule has 0 aliphatic carbocycles. The fraction of sp³-hybridized carbons (Fsp3) is 0.458. The Morgan fingerprint density at radius 1 is 1.00 bits per heavy atom. The second kappa shape index (κ2) is 10.5. The van der Waals surface area contributed by atoms with Crippen LogP contribution in [0, 0.1) is 5.82 Å². The predicted octanol–water partition coefficient (Wildman–Crippen LogP) is 3.49. The monoisotopic (exact) mass is 413 g/mol. The Bertz CT molecular complexity index is 829. The lowest BCUT2D eigenvalue weighted by molar-refractivity contribution is -0.132. The number of rotatable bonds is 8. The maximum Gasteiger partial charge on any atom is 0.260 e. The third-order valence-electron chi connectivity index (χ3n) is 5.70. The van der Waals surface area contributed by atoms with Gasteiger partial charge in [0.25, 0.3) is 5.91 Å². The molecule has 30 heavy (non-hydrogen) atoms. The summed E-state index contributed by atoms with van der Waals surface area (Å²) in [4.78, 5) is 18.9. The van der Waals surface area contributed by atoms with E-state index in [2.05, 4.69) is 22.9 Å². The molecule has 1 fully saturated rings. The average Bonchev–Trinajstić information content (AvgIpc) is 2.76. The number of piperazine rings is 1. The van der Waals surface area contributed by atoms with Gasteiger partial charge in [0.1, 0.15) is 11.6 Å². The summed E-state index contributed by atoms with van der Waals surface area (Å²) in [6.07, 6.45) is 0. The van der Waals surface area contributed by atoms with Crippen LogP contribution in [0.25, 0.3) is 11.1 Å². The molecular weight excluding hydrogens is 381 g/mol. The fourth-order valence-electron chi connectivity index (χ4n) is 3.72. The molecule has 5 nitrogen and oxygen atoms in total. The highest BCUT2D eigenvalue weighted by Crippen LogP contribution is 2.28. The molecule has 1 aliphatic heterocycles. The molecule has 1 saturated heterocycles. The SMILES string of the molecule is CCN(CC)C(=O)COc1ccc(-c2ccc(F)cc2)cc1CN1CCN(C)CC1. The van der Waals surface area contributed by atoms with Gasteiger partial charge in [-0.3, -0.25) is 9.69 Å². The van der Waals surface area contributed by atoms with Crippen molar-refractivity contribution in [3.8, 4) is 16.9 Å². The quantitative estimate of drug-likeness (QED) is 0.664. The van der Waals surface area contributed by atoms with E-state index in [9.17, 15) is 9.18 Å². The number of carbonyl (C=O) groups excluding carboxylic acids is 1. The van der Waals surface area contributed by atoms with Crippen molar-refractivity contribution < 1.29 is 13.9 Å². The lowest BCUT2D eigenvalue weighted by Crippen LogP contribution is -2.43. The maximum atomic E-state index is 13.3. The molecule has 0 radical (unpaired) electrons. The molecular formula is C24H32FN3O2. The Labute approximate surface area is 179 Å². The van der Waals surface area contributed by atoms with E-state index in [1.807, 2.05) is 26.0 Å². The molecule has 0 aromatic heterocycles. The van der Waals surface area contributed by atoms with Crippen LogP contribution in [0.2, 0.25) is 0 Å². The molecule has 162 valence electrons. The van der Waals surface area contributed by atoms with E-state index in [-0.39, 0.29) is 18.3 Å². The van der Waals surface area contributed by atoms with Crippen molar-refractivity contribution in [2.45, 2.75) is 20.4 Å². The van der Waals surface area contributed by atoms with Gasteiger partial charge in [0.05, 0.1) is 0 Å². The summed E-state index contributed by atoms with van der Waals surface area (Å²) in [6.45, 7) is 10.2. The third kappa shape index (κ3) is 5.80. The van der Waals surface area contributed by atoms with E-state index in [1.165, 1.54) is 12.1 Å². The number of amides is 1. The number of nitrogens with zero attached hydrogens (tertiary/aromatic N) is 3. The lowest BCUT2D eigenvalue weighted by atomic mass is 10.0. The second-order valence-electron chi connectivity index (χ2n) is 7.76. The van der Waals surface area contributed by atoms with Gasteiger partial charge in [-0.05, 0) is 56.3 Å². The molecule has 1 heterocycles. The summed E-state index contributed by atoms with van der Waals surface area (Å²) in [7, 11) is 2.14. The van der Waals surface area contributed by atoms with Crippen molar-refractivity contribution in [3.05, 3.63) is 53.8 Å². The van der Waals surface area contributed by atoms with Crippen molar-refractivity contribution in [2.24, 2.45) is 0 Å². The number of likely N-dealkylation sites (N-methyl/N-ethyl adjacent to an activating group) is 2. The van der Waals surface area contributed by atoms with Crippen LogP contribution in [0.5, 0.6) is 5.75 Å². The zero-order valence-corrected chi connectivity index (χ0v) is 18.2. The van der Waals surface area contributed by atoms with Crippen molar-refractivity contribution in [1.82, 2.24) is 14.7 Å². The van der Waals surface area contributed by atoms with Gasteiger partial charge in [0.2, 0.25) is 0 Å². The average molecular weight is 414 g/mol. The summed E-state index contributed by atoms with van der Waals surface area (Å²) >= 11 is 0. The third-order valence-corrected chi connectivity index (χ3v) is 5.70. The van der Waals surface area contributed by atoms with E-state index < -0.39 is 0 Å². The topological polar surface area (TPSA) is 36.0 Å². The molecule has 0 unspecified atom stereocenters. The number of halogens is 1. The van der Waals surface area contributed by atoms with Crippen LogP contribution in [0.4, 0.5) is 4.39 Å². The van der Waals surface area contributed by atoms with Crippen molar-refractivity contribution in [1.29, 1.82) is 0 Å². The van der Waals surface area contributed by atoms with Crippen molar-refractivity contribution in [3.63, 3.8) is 0 Å². The van der Waals surface area contributed by atoms with E-state index in [0.717, 1.165) is 55.2 Å². The fourth-order valence-corrected chi connectivity index (χ4v) is 3.72. The summed E-state index contributed by atoms with van der Waals surface area (Å²) < 4.78 is 19.3. The standard InChI is InChI=1S/C24H32FN3O2/c1-4-28(5-2)24(29)18-30-23-11-8-20(19-6-9-22(25)10-7-19)16-21(23)17-27-14-12-26(3)13-15-27/h6-11,16H,4-5,12-15,17-18H2,1-3H3. The Kier molecular flexibility index (Phi) is 7.82. The Hall–Kier alpha value is -2.44. The van der Waals surface area contributed by atoms with Crippen LogP contribution in [0.1, 0.15) is 19.4 Å². The number of ether oxygens (including phenoxy) is 1. The highest BCUT2D eigenvalue weighted by molar-refractivity contribution is 5.77. The van der Waals surface area contributed by atoms with E-state index in [0.29, 0.717) is 13.1 Å². The zero-order chi connectivity index (χ0) is 21.5. The molecule has 6 heteroatoms. The largest absolute Gasteiger partial charge is 0.483 e. The highest BCUT2D eigenvalue weighted by atomic mass is 19.1. The molecule has 0 spiro atoms. The second-order valence-corrected chi connectivity index (χ2v) is 7.76. The smallest absolute Gasteiger partial charge is 0.260 e. The minimum absolute atomic E-state index is 0.00633. The van der Waals surface area contributed by atoms with Crippen molar-refractivity contribution >= 4 is 5.91 Å². The first-order valence-electron chi connectivity index (χ1n) is 10.7. The lowest BCUT2D eigenvalue weighted by Gasteiger charge is -2.32. The highest BCUT2D eigenvalue weighted by Gasteiger charge is 2.18. The van der Waals surface area contributed by atoms with Crippen LogP contribution >= 0.6 is 0 Å². The molecule has 1 aliphatic rings. The summed E-state index contributed by atoms with van der Waals surface area (Å²) in [5.41, 5.74) is 3.03. The summed E-state index contributed by atoms with van der Waals surface area (Å²) in [5.74, 6) is 0.486. The molecule has 0 N–H and O–H groups in total. The summed E-state index contributed by atoms with van der Waals surface area (Å²) in [6, 6.07) is 12.5. The van der Waals surface area contributed by atoms with Crippen LogP contribution < -0.4 is 4.74 Å². The summed E-state index contributed by atoms with van der Waals surface area (Å²) in [5, 5.41) is 0. The molecule has 2 aromatic rings. The van der Waals surface area contributed by atoms with Gasteiger partial charge in [-0.1, -0.05) is 18.2 Å². The minimum Gasteiger partial charge on any atom is -0.483 e. The van der Waals surface area contributed by atoms with Crippen LogP contribution in [-0.2, 0) is 11.3 Å². The minimum atomic E-state index is -0.244. The van der Waals surface area contributed by atoms with Crippen LogP contribution in [-0.4, -0.2) is 73.5 Å². The van der Waals surface area contributed by atoms with Gasteiger partial charge in [0.15, 0.2) is 6.61 Å². The maximum absolute atomic E-state index is 13.3. The van der Waals surface area contributed by atoms with E-state index in [4.69, 9.17) is 4.74 Å². The normalized spacial score (nSPS) is 15.2. The number of hydrogen-bond donors (Lipinski definition) is 0. The predicted molar refractivity (Wildman–Crippen MR) is 118 cm³/mol. The molecule has 0 atom stereocenters. The van der Waals surface area contributed by atoms with Gasteiger partial charge in [-0.15, -0.1) is 0 Å². The first kappa shape index (κ1) is 22.2. The first-order valence-corrected chi connectivity index (χ1v) is 10.7. The Balaban J connectivity index is 1.81. The molecule has 3 rings (SSSR count).